The van der Waals surface area contributed by atoms with Crippen molar-refractivity contribution in [3.05, 3.63) is 70.3 Å². The van der Waals surface area contributed by atoms with E-state index in [0.717, 1.165) is 12.8 Å². The molecule has 1 unspecified atom stereocenters. The van der Waals surface area contributed by atoms with Crippen LogP contribution in [0, 0.1) is 13.8 Å². The van der Waals surface area contributed by atoms with Crippen LogP contribution in [0.2, 0.25) is 0 Å². The van der Waals surface area contributed by atoms with Crippen LogP contribution in [0.25, 0.3) is 0 Å². The van der Waals surface area contributed by atoms with Gasteiger partial charge in [-0.25, -0.2) is 0 Å². The zero-order valence-corrected chi connectivity index (χ0v) is 12.8. The smallest absolute Gasteiger partial charge is 0.0335 e. The maximum absolute atomic E-state index is 6.38. The summed E-state index contributed by atoms with van der Waals surface area (Å²) in [7, 11) is 0. The molecule has 1 atom stereocenters. The molecule has 2 aromatic carbocycles. The molecule has 0 bridgehead atoms. The van der Waals surface area contributed by atoms with Gasteiger partial charge >= 0.3 is 0 Å². The highest BCUT2D eigenvalue weighted by molar-refractivity contribution is 5.32. The van der Waals surface area contributed by atoms with Crippen LogP contribution in [0.1, 0.15) is 47.2 Å². The van der Waals surface area contributed by atoms with Gasteiger partial charge in [-0.3, -0.25) is 0 Å². The van der Waals surface area contributed by atoms with Gasteiger partial charge in [0.2, 0.25) is 0 Å². The number of benzene rings is 2. The fraction of sp³-hybridized carbons (Fsp3) is 0.368. The van der Waals surface area contributed by atoms with E-state index >= 15 is 0 Å². The van der Waals surface area contributed by atoms with E-state index in [1.54, 1.807) is 0 Å². The fourth-order valence-corrected chi connectivity index (χ4v) is 2.57. The van der Waals surface area contributed by atoms with Gasteiger partial charge in [0.1, 0.15) is 0 Å². The second-order valence-corrected chi connectivity index (χ2v) is 5.72. The molecule has 2 N–H and O–H groups in total. The minimum Gasteiger partial charge on any atom is -0.324 e. The summed E-state index contributed by atoms with van der Waals surface area (Å²) in [6.45, 7) is 6.52. The van der Waals surface area contributed by atoms with Gasteiger partial charge in [-0.15, -0.1) is 0 Å². The summed E-state index contributed by atoms with van der Waals surface area (Å²) in [6.07, 6.45) is 3.21. The monoisotopic (exact) mass is 267 g/mol. The van der Waals surface area contributed by atoms with Crippen molar-refractivity contribution in [2.75, 3.05) is 0 Å². The van der Waals surface area contributed by atoms with Gasteiger partial charge in [-0.05, 0) is 54.5 Å². The van der Waals surface area contributed by atoms with Gasteiger partial charge in [0.05, 0.1) is 0 Å². The number of hydrogen-bond donors (Lipinski definition) is 1. The molecular weight excluding hydrogens is 242 g/mol. The van der Waals surface area contributed by atoms with Gasteiger partial charge in [-0.1, -0.05) is 55.8 Å². The van der Waals surface area contributed by atoms with Crippen LogP contribution in [0.5, 0.6) is 0 Å². The molecule has 0 saturated heterocycles. The Balaban J connectivity index is 2.12. The van der Waals surface area contributed by atoms with Crippen molar-refractivity contribution in [1.82, 2.24) is 0 Å². The van der Waals surface area contributed by atoms with Gasteiger partial charge in [0.15, 0.2) is 0 Å². The molecule has 0 aliphatic carbocycles. The summed E-state index contributed by atoms with van der Waals surface area (Å²) in [5.74, 6) is 0. The average Bonchev–Trinajstić information content (AvgIpc) is 2.43. The van der Waals surface area contributed by atoms with E-state index in [-0.39, 0.29) is 6.04 Å². The van der Waals surface area contributed by atoms with E-state index in [0.29, 0.717) is 0 Å². The van der Waals surface area contributed by atoms with Crippen LogP contribution >= 0.6 is 0 Å². The predicted octanol–water partition coefficient (Wildman–Crippen LogP) is 4.50. The molecule has 0 radical (unpaired) electrons. The lowest BCUT2D eigenvalue weighted by atomic mass is 9.95. The Labute approximate surface area is 122 Å². The molecular formula is C19H25N. The number of aryl methyl sites for hydroxylation is 3. The Kier molecular flexibility index (Phi) is 4.97. The summed E-state index contributed by atoms with van der Waals surface area (Å²) in [4.78, 5) is 0. The van der Waals surface area contributed by atoms with E-state index in [2.05, 4.69) is 63.2 Å². The van der Waals surface area contributed by atoms with Crippen LogP contribution in [-0.2, 0) is 12.8 Å². The quantitative estimate of drug-likeness (QED) is 0.848. The number of nitrogens with two attached hydrogens (primary N) is 1. The molecule has 0 spiro atoms. The largest absolute Gasteiger partial charge is 0.324 e. The molecule has 0 aliphatic heterocycles. The van der Waals surface area contributed by atoms with E-state index in [1.807, 2.05) is 0 Å². The first kappa shape index (κ1) is 14.8. The van der Waals surface area contributed by atoms with Crippen LogP contribution in [0.15, 0.2) is 42.5 Å². The van der Waals surface area contributed by atoms with E-state index < -0.39 is 0 Å². The molecule has 0 aromatic heterocycles. The molecule has 0 amide bonds. The third-order valence-electron chi connectivity index (χ3n) is 3.94. The molecule has 1 heteroatoms. The van der Waals surface area contributed by atoms with Gasteiger partial charge in [0.25, 0.3) is 0 Å². The van der Waals surface area contributed by atoms with E-state index in [9.17, 15) is 0 Å². The second-order valence-electron chi connectivity index (χ2n) is 5.72. The summed E-state index contributed by atoms with van der Waals surface area (Å²) in [5.41, 5.74) is 13.0. The van der Waals surface area contributed by atoms with Crippen LogP contribution < -0.4 is 5.73 Å². The lowest BCUT2D eigenvalue weighted by molar-refractivity contribution is 0.719. The van der Waals surface area contributed by atoms with Gasteiger partial charge in [-0.2, -0.15) is 0 Å². The predicted molar refractivity (Wildman–Crippen MR) is 87.0 cm³/mol. The Hall–Kier alpha value is -1.60. The molecule has 0 aliphatic rings. The molecule has 20 heavy (non-hydrogen) atoms. The highest BCUT2D eigenvalue weighted by Gasteiger charge is 2.08. The third-order valence-corrected chi connectivity index (χ3v) is 3.94. The maximum Gasteiger partial charge on any atom is 0.0335 e. The van der Waals surface area contributed by atoms with Crippen LogP contribution in [0.4, 0.5) is 0 Å². The molecule has 106 valence electrons. The van der Waals surface area contributed by atoms with Crippen molar-refractivity contribution in [3.8, 4) is 0 Å². The lowest BCUT2D eigenvalue weighted by Gasteiger charge is -2.14. The Morgan fingerprint density at radius 1 is 0.950 bits per heavy atom. The third kappa shape index (κ3) is 3.71. The molecule has 2 rings (SSSR count). The van der Waals surface area contributed by atoms with Crippen molar-refractivity contribution >= 4 is 0 Å². The number of hydrogen-bond acceptors (Lipinski definition) is 1. The van der Waals surface area contributed by atoms with E-state index in [1.165, 1.54) is 34.2 Å². The average molecular weight is 267 g/mol. The Morgan fingerprint density at radius 3 is 2.45 bits per heavy atom. The molecule has 0 heterocycles. The van der Waals surface area contributed by atoms with Crippen molar-refractivity contribution in [2.45, 2.75) is 46.1 Å². The normalized spacial score (nSPS) is 12.4. The van der Waals surface area contributed by atoms with Crippen molar-refractivity contribution in [2.24, 2.45) is 5.73 Å². The minimum atomic E-state index is 0.0777. The molecule has 0 saturated carbocycles. The first-order valence-electron chi connectivity index (χ1n) is 7.50. The Morgan fingerprint density at radius 2 is 1.75 bits per heavy atom. The summed E-state index contributed by atoms with van der Waals surface area (Å²) < 4.78 is 0. The summed E-state index contributed by atoms with van der Waals surface area (Å²) in [6, 6.07) is 15.4. The fourth-order valence-electron chi connectivity index (χ4n) is 2.57. The molecule has 2 aromatic rings. The molecule has 0 fully saturated rings. The standard InChI is InChI=1S/C19H25N/c1-4-6-16-7-5-8-18(12-16)19(20)13-17-10-9-14(2)15(3)11-17/h5,7-12,19H,4,6,13,20H2,1-3H3. The minimum absolute atomic E-state index is 0.0777. The second kappa shape index (κ2) is 6.71. The van der Waals surface area contributed by atoms with Crippen LogP contribution in [-0.4, -0.2) is 0 Å². The highest BCUT2D eigenvalue weighted by Crippen LogP contribution is 2.19. The summed E-state index contributed by atoms with van der Waals surface area (Å²) in [5, 5.41) is 0. The van der Waals surface area contributed by atoms with Crippen molar-refractivity contribution in [3.63, 3.8) is 0 Å². The van der Waals surface area contributed by atoms with Gasteiger partial charge in [0, 0.05) is 6.04 Å². The van der Waals surface area contributed by atoms with Crippen molar-refractivity contribution < 1.29 is 0 Å². The zero-order chi connectivity index (χ0) is 14.5. The highest BCUT2D eigenvalue weighted by atomic mass is 14.6. The first-order chi connectivity index (χ1) is 9.60. The molecule has 1 nitrogen and oxygen atoms in total. The topological polar surface area (TPSA) is 26.0 Å². The first-order valence-corrected chi connectivity index (χ1v) is 7.50. The SMILES string of the molecule is CCCc1cccc(C(N)Cc2ccc(C)c(C)c2)c1. The lowest BCUT2D eigenvalue weighted by Crippen LogP contribution is -2.13. The summed E-state index contributed by atoms with van der Waals surface area (Å²) >= 11 is 0. The number of rotatable bonds is 5. The van der Waals surface area contributed by atoms with Crippen molar-refractivity contribution in [1.29, 1.82) is 0 Å². The van der Waals surface area contributed by atoms with E-state index in [4.69, 9.17) is 5.73 Å². The van der Waals surface area contributed by atoms with Gasteiger partial charge < -0.3 is 5.73 Å². The van der Waals surface area contributed by atoms with Crippen LogP contribution in [0.3, 0.4) is 0 Å². The zero-order valence-electron chi connectivity index (χ0n) is 12.8. The Bertz CT molecular complexity index is 572. The maximum atomic E-state index is 6.38.